The van der Waals surface area contributed by atoms with E-state index in [1.165, 1.54) is 44.9 Å². The number of rotatable bonds is 12. The van der Waals surface area contributed by atoms with E-state index in [4.69, 9.17) is 0 Å². The Labute approximate surface area is 127 Å². The largest absolute Gasteiger partial charge is 0.390 e. The van der Waals surface area contributed by atoms with E-state index in [1.54, 1.807) is 0 Å². The highest BCUT2D eigenvalue weighted by Crippen LogP contribution is 2.19. The number of hydrogen-bond donors (Lipinski definition) is 2. The third-order valence-electron chi connectivity index (χ3n) is 3.89. The molecule has 1 unspecified atom stereocenters. The molecule has 0 aromatic rings. The molecule has 1 atom stereocenters. The summed E-state index contributed by atoms with van der Waals surface area (Å²) in [4.78, 5) is 0. The molecule has 0 bridgehead atoms. The summed E-state index contributed by atoms with van der Waals surface area (Å²) in [5.41, 5.74) is -0.352. The average molecular weight is 286 g/mol. The van der Waals surface area contributed by atoms with E-state index < -0.39 is 5.60 Å². The maximum atomic E-state index is 10.3. The maximum absolute atomic E-state index is 10.3. The summed E-state index contributed by atoms with van der Waals surface area (Å²) in [6.07, 6.45) is 12.4. The number of unbranched alkanes of at least 4 members (excludes halogenated alkanes) is 7. The van der Waals surface area contributed by atoms with Crippen molar-refractivity contribution in [1.29, 1.82) is 0 Å². The lowest BCUT2D eigenvalue weighted by atomic mass is 9.93. The van der Waals surface area contributed by atoms with Crippen molar-refractivity contribution in [3.63, 3.8) is 0 Å². The van der Waals surface area contributed by atoms with E-state index in [1.807, 2.05) is 6.92 Å². The summed E-state index contributed by atoms with van der Waals surface area (Å²) < 4.78 is 0. The van der Waals surface area contributed by atoms with Gasteiger partial charge >= 0.3 is 0 Å². The van der Waals surface area contributed by atoms with Gasteiger partial charge in [0.05, 0.1) is 5.60 Å². The highest BCUT2D eigenvalue weighted by Gasteiger charge is 2.20. The van der Waals surface area contributed by atoms with Crippen molar-refractivity contribution >= 4 is 0 Å². The molecule has 0 amide bonds. The minimum absolute atomic E-state index is 0.147. The molecule has 0 aliphatic heterocycles. The molecule has 20 heavy (non-hydrogen) atoms. The molecule has 0 aromatic heterocycles. The van der Waals surface area contributed by atoms with Crippen LogP contribution in [0.3, 0.4) is 0 Å². The fourth-order valence-electron chi connectivity index (χ4n) is 2.47. The molecule has 0 fully saturated rings. The Balaban J connectivity index is 3.47. The van der Waals surface area contributed by atoms with Crippen LogP contribution in [0.2, 0.25) is 0 Å². The van der Waals surface area contributed by atoms with E-state index in [2.05, 4.69) is 33.0 Å². The van der Waals surface area contributed by atoms with Crippen molar-refractivity contribution in [3.05, 3.63) is 0 Å². The first-order chi connectivity index (χ1) is 9.27. The van der Waals surface area contributed by atoms with Gasteiger partial charge in [-0.25, -0.2) is 0 Å². The molecule has 0 saturated carbocycles. The monoisotopic (exact) mass is 285 g/mol. The van der Waals surface area contributed by atoms with Gasteiger partial charge in [0.2, 0.25) is 0 Å². The van der Waals surface area contributed by atoms with Crippen molar-refractivity contribution in [1.82, 2.24) is 5.32 Å². The zero-order chi connectivity index (χ0) is 15.5. The van der Waals surface area contributed by atoms with E-state index >= 15 is 0 Å². The van der Waals surface area contributed by atoms with Crippen LogP contribution in [0.1, 0.15) is 98.8 Å². The van der Waals surface area contributed by atoms with Gasteiger partial charge in [-0.1, -0.05) is 58.3 Å². The molecular formula is C18H39NO. The summed E-state index contributed by atoms with van der Waals surface area (Å²) in [6.45, 7) is 11.6. The molecule has 0 saturated heterocycles. The maximum Gasteiger partial charge on any atom is 0.0631 e. The van der Waals surface area contributed by atoms with Gasteiger partial charge in [-0.2, -0.15) is 0 Å². The molecule has 2 heteroatoms. The summed E-state index contributed by atoms with van der Waals surface area (Å²) in [7, 11) is 0. The van der Waals surface area contributed by atoms with Crippen LogP contribution in [0, 0.1) is 0 Å². The molecule has 0 spiro atoms. The van der Waals surface area contributed by atoms with Gasteiger partial charge in [-0.3, -0.25) is 0 Å². The van der Waals surface area contributed by atoms with Crippen molar-refractivity contribution in [2.24, 2.45) is 0 Å². The SMILES string of the molecule is CCCCCCCCCCC(C)(O)CCNC(C)(C)C. The van der Waals surface area contributed by atoms with Gasteiger partial charge < -0.3 is 10.4 Å². The van der Waals surface area contributed by atoms with Gasteiger partial charge in [0.1, 0.15) is 0 Å². The third kappa shape index (κ3) is 14.3. The standard InChI is InChI=1S/C18H39NO/c1-6-7-8-9-10-11-12-13-14-18(5,20)15-16-19-17(2,3)4/h19-20H,6-16H2,1-5H3. The van der Waals surface area contributed by atoms with Gasteiger partial charge in [-0.05, 0) is 47.1 Å². The van der Waals surface area contributed by atoms with Gasteiger partial charge in [0.15, 0.2) is 0 Å². The second-order valence-electron chi connectivity index (χ2n) is 7.65. The number of aliphatic hydroxyl groups is 1. The predicted molar refractivity (Wildman–Crippen MR) is 90.2 cm³/mol. The van der Waals surface area contributed by atoms with Crippen LogP contribution in [-0.2, 0) is 0 Å². The lowest BCUT2D eigenvalue weighted by molar-refractivity contribution is 0.0381. The molecule has 2 N–H and O–H groups in total. The number of nitrogens with one attached hydrogen (secondary N) is 1. The Morgan fingerprint density at radius 2 is 1.25 bits per heavy atom. The molecule has 0 heterocycles. The lowest BCUT2D eigenvalue weighted by Gasteiger charge is -2.27. The fourth-order valence-corrected chi connectivity index (χ4v) is 2.47. The molecule has 0 radical (unpaired) electrons. The Bertz CT molecular complexity index is 218. The fraction of sp³-hybridized carbons (Fsp3) is 1.00. The van der Waals surface area contributed by atoms with Crippen LogP contribution < -0.4 is 5.32 Å². The second-order valence-corrected chi connectivity index (χ2v) is 7.65. The summed E-state index contributed by atoms with van der Waals surface area (Å²) in [5.74, 6) is 0. The van der Waals surface area contributed by atoms with Gasteiger partial charge in [0, 0.05) is 5.54 Å². The first-order valence-corrected chi connectivity index (χ1v) is 8.74. The van der Waals surface area contributed by atoms with Crippen LogP contribution in [0.25, 0.3) is 0 Å². The van der Waals surface area contributed by atoms with Crippen LogP contribution in [-0.4, -0.2) is 22.8 Å². The van der Waals surface area contributed by atoms with Crippen molar-refractivity contribution in [2.45, 2.75) is 110 Å². The van der Waals surface area contributed by atoms with Crippen LogP contribution >= 0.6 is 0 Å². The quantitative estimate of drug-likeness (QED) is 0.492. The van der Waals surface area contributed by atoms with Crippen molar-refractivity contribution in [3.8, 4) is 0 Å². The normalized spacial score (nSPS) is 15.3. The predicted octanol–water partition coefficient (Wildman–Crippen LogP) is 5.05. The molecule has 122 valence electrons. The topological polar surface area (TPSA) is 32.3 Å². The van der Waals surface area contributed by atoms with Crippen LogP contribution in [0.4, 0.5) is 0 Å². The summed E-state index contributed by atoms with van der Waals surface area (Å²) in [5, 5.41) is 13.8. The molecule has 2 nitrogen and oxygen atoms in total. The van der Waals surface area contributed by atoms with Gasteiger partial charge in [0.25, 0.3) is 0 Å². The lowest BCUT2D eigenvalue weighted by Crippen LogP contribution is -2.39. The first kappa shape index (κ1) is 19.9. The molecule has 0 rings (SSSR count). The molecule has 0 aromatic carbocycles. The highest BCUT2D eigenvalue weighted by atomic mass is 16.3. The summed E-state index contributed by atoms with van der Waals surface area (Å²) in [6, 6.07) is 0. The zero-order valence-corrected chi connectivity index (χ0v) is 14.7. The number of hydrogen-bond acceptors (Lipinski definition) is 2. The zero-order valence-electron chi connectivity index (χ0n) is 14.7. The minimum Gasteiger partial charge on any atom is -0.390 e. The highest BCUT2D eigenvalue weighted by molar-refractivity contribution is 4.77. The Hall–Kier alpha value is -0.0800. The van der Waals surface area contributed by atoms with Crippen molar-refractivity contribution in [2.75, 3.05) is 6.54 Å². The smallest absolute Gasteiger partial charge is 0.0631 e. The second kappa shape index (κ2) is 10.6. The Morgan fingerprint density at radius 1 is 0.750 bits per heavy atom. The molecular weight excluding hydrogens is 246 g/mol. The van der Waals surface area contributed by atoms with Crippen molar-refractivity contribution < 1.29 is 5.11 Å². The molecule has 0 aliphatic carbocycles. The first-order valence-electron chi connectivity index (χ1n) is 8.74. The Kier molecular flexibility index (Phi) is 10.6. The van der Waals surface area contributed by atoms with E-state index in [0.29, 0.717) is 0 Å². The van der Waals surface area contributed by atoms with E-state index in [0.717, 1.165) is 25.8 Å². The van der Waals surface area contributed by atoms with Gasteiger partial charge in [-0.15, -0.1) is 0 Å². The Morgan fingerprint density at radius 3 is 1.75 bits per heavy atom. The van der Waals surface area contributed by atoms with Crippen LogP contribution in [0.5, 0.6) is 0 Å². The molecule has 0 aliphatic rings. The average Bonchev–Trinajstić information content (AvgIpc) is 2.30. The van der Waals surface area contributed by atoms with Crippen LogP contribution in [0.15, 0.2) is 0 Å². The van der Waals surface area contributed by atoms with E-state index in [-0.39, 0.29) is 5.54 Å². The van der Waals surface area contributed by atoms with E-state index in [9.17, 15) is 5.11 Å². The third-order valence-corrected chi connectivity index (χ3v) is 3.89. The minimum atomic E-state index is -0.500. The summed E-state index contributed by atoms with van der Waals surface area (Å²) >= 11 is 0.